The van der Waals surface area contributed by atoms with Gasteiger partial charge >= 0.3 is 5.97 Å². The van der Waals surface area contributed by atoms with Crippen molar-refractivity contribution in [2.24, 2.45) is 0 Å². The Morgan fingerprint density at radius 1 is 1.62 bits per heavy atom. The molecule has 0 aromatic carbocycles. The predicted octanol–water partition coefficient (Wildman–Crippen LogP) is 1.54. The highest BCUT2D eigenvalue weighted by molar-refractivity contribution is 8.93. The smallest absolute Gasteiger partial charge is 0.305 e. The number of rotatable bonds is 2. The molecule has 2 nitrogen and oxygen atoms in total. The molecule has 8 heavy (non-hydrogen) atoms. The minimum Gasteiger partial charge on any atom is -0.469 e. The molecule has 0 radical (unpaired) electrons. The first-order valence-corrected chi connectivity index (χ1v) is 2.38. The first kappa shape index (κ1) is 10.8. The Hall–Kier alpha value is -0.0500. The zero-order valence-electron chi connectivity index (χ0n) is 5.14. The Morgan fingerprint density at radius 3 is 2.25 bits per heavy atom. The van der Waals surface area contributed by atoms with E-state index < -0.39 is 0 Å². The standard InChI is InChI=1S/C5H10O2.BrH/c1-3-4-5(6)7-2;/h3-4H2,1-2H3;1H. The lowest BCUT2D eigenvalue weighted by Crippen LogP contribution is -1.97. The van der Waals surface area contributed by atoms with Gasteiger partial charge in [-0.25, -0.2) is 0 Å². The van der Waals surface area contributed by atoms with E-state index in [4.69, 9.17) is 0 Å². The van der Waals surface area contributed by atoms with E-state index in [-0.39, 0.29) is 23.0 Å². The van der Waals surface area contributed by atoms with Gasteiger partial charge in [0, 0.05) is 6.42 Å². The van der Waals surface area contributed by atoms with Crippen LogP contribution in [0.2, 0.25) is 0 Å². The van der Waals surface area contributed by atoms with Crippen molar-refractivity contribution in [3.63, 3.8) is 0 Å². The summed E-state index contributed by atoms with van der Waals surface area (Å²) in [7, 11) is 1.40. The molecular weight excluding hydrogens is 172 g/mol. The van der Waals surface area contributed by atoms with Gasteiger partial charge in [0.15, 0.2) is 0 Å². The van der Waals surface area contributed by atoms with Crippen LogP contribution >= 0.6 is 17.0 Å². The Morgan fingerprint density at radius 2 is 2.12 bits per heavy atom. The van der Waals surface area contributed by atoms with Crippen LogP contribution in [0.15, 0.2) is 0 Å². The quantitative estimate of drug-likeness (QED) is 0.607. The third-order valence-corrected chi connectivity index (χ3v) is 0.682. The van der Waals surface area contributed by atoms with E-state index >= 15 is 0 Å². The highest BCUT2D eigenvalue weighted by Crippen LogP contribution is 1.86. The van der Waals surface area contributed by atoms with Gasteiger partial charge in [0.2, 0.25) is 0 Å². The van der Waals surface area contributed by atoms with Gasteiger partial charge in [-0.3, -0.25) is 4.79 Å². The van der Waals surface area contributed by atoms with Crippen molar-refractivity contribution in [3.8, 4) is 0 Å². The summed E-state index contributed by atoms with van der Waals surface area (Å²) in [4.78, 5) is 10.2. The highest BCUT2D eigenvalue weighted by Gasteiger charge is 1.92. The minimum absolute atomic E-state index is 0. The zero-order valence-corrected chi connectivity index (χ0v) is 6.85. The predicted molar refractivity (Wildman–Crippen MR) is 37.2 cm³/mol. The second kappa shape index (κ2) is 6.95. The fourth-order valence-corrected chi connectivity index (χ4v) is 0.306. The molecule has 0 aliphatic rings. The lowest BCUT2D eigenvalue weighted by atomic mass is 10.3. The lowest BCUT2D eigenvalue weighted by molar-refractivity contribution is -0.140. The number of methoxy groups -OCH3 is 1. The van der Waals surface area contributed by atoms with Crippen LogP contribution in [0.1, 0.15) is 19.8 Å². The Balaban J connectivity index is 0. The van der Waals surface area contributed by atoms with E-state index in [0.717, 1.165) is 6.42 Å². The van der Waals surface area contributed by atoms with Crippen LogP contribution in [-0.2, 0) is 9.53 Å². The molecular formula is C5H11BrO2. The highest BCUT2D eigenvalue weighted by atomic mass is 79.9. The molecule has 3 heteroatoms. The molecule has 50 valence electrons. The van der Waals surface area contributed by atoms with E-state index in [1.165, 1.54) is 7.11 Å². The summed E-state index contributed by atoms with van der Waals surface area (Å²) < 4.78 is 4.35. The van der Waals surface area contributed by atoms with Gasteiger partial charge in [-0.2, -0.15) is 0 Å². The Kier molecular flexibility index (Phi) is 9.42. The summed E-state index contributed by atoms with van der Waals surface area (Å²) in [6, 6.07) is 0. The SMILES string of the molecule is Br.CCCC(=O)OC. The van der Waals surface area contributed by atoms with Crippen molar-refractivity contribution in [1.29, 1.82) is 0 Å². The summed E-state index contributed by atoms with van der Waals surface area (Å²) in [5, 5.41) is 0. The average Bonchev–Trinajstić information content (AvgIpc) is 1.68. The van der Waals surface area contributed by atoms with Crippen LogP contribution in [0, 0.1) is 0 Å². The molecule has 0 fully saturated rings. The van der Waals surface area contributed by atoms with Crippen LogP contribution < -0.4 is 0 Å². The first-order valence-electron chi connectivity index (χ1n) is 2.38. The number of carbonyl (C=O) groups excluding carboxylic acids is 1. The summed E-state index contributed by atoms with van der Waals surface area (Å²) in [6.07, 6.45) is 1.41. The van der Waals surface area contributed by atoms with E-state index in [9.17, 15) is 4.79 Å². The second-order valence-corrected chi connectivity index (χ2v) is 1.33. The number of ether oxygens (including phenoxy) is 1. The Labute approximate surface area is 60.0 Å². The largest absolute Gasteiger partial charge is 0.469 e. The minimum atomic E-state index is -0.123. The monoisotopic (exact) mass is 182 g/mol. The molecule has 0 aliphatic carbocycles. The normalized spacial score (nSPS) is 7.25. The van der Waals surface area contributed by atoms with Gasteiger partial charge in [-0.15, -0.1) is 17.0 Å². The molecule has 0 saturated carbocycles. The number of esters is 1. The lowest BCUT2D eigenvalue weighted by Gasteiger charge is -1.91. The van der Waals surface area contributed by atoms with Gasteiger partial charge in [0.1, 0.15) is 0 Å². The van der Waals surface area contributed by atoms with Gasteiger partial charge in [-0.1, -0.05) is 6.92 Å². The summed E-state index contributed by atoms with van der Waals surface area (Å²) in [5.41, 5.74) is 0. The van der Waals surface area contributed by atoms with Crippen molar-refractivity contribution >= 4 is 23.0 Å². The van der Waals surface area contributed by atoms with Crippen molar-refractivity contribution < 1.29 is 9.53 Å². The molecule has 0 spiro atoms. The summed E-state index contributed by atoms with van der Waals surface area (Å²) >= 11 is 0. The molecule has 0 saturated heterocycles. The van der Waals surface area contributed by atoms with Crippen molar-refractivity contribution in [3.05, 3.63) is 0 Å². The molecule has 0 aromatic rings. The molecule has 0 N–H and O–H groups in total. The fraction of sp³-hybridized carbons (Fsp3) is 0.800. The van der Waals surface area contributed by atoms with E-state index in [0.29, 0.717) is 6.42 Å². The van der Waals surface area contributed by atoms with Crippen LogP contribution in [0.25, 0.3) is 0 Å². The van der Waals surface area contributed by atoms with Crippen LogP contribution in [0.3, 0.4) is 0 Å². The molecule has 0 amide bonds. The summed E-state index contributed by atoms with van der Waals surface area (Å²) in [6.45, 7) is 1.94. The fourth-order valence-electron chi connectivity index (χ4n) is 0.306. The molecule has 0 unspecified atom stereocenters. The molecule has 0 aromatic heterocycles. The molecule has 0 atom stereocenters. The Bertz CT molecular complexity index is 63.4. The number of hydrogen-bond acceptors (Lipinski definition) is 2. The van der Waals surface area contributed by atoms with Gasteiger partial charge in [0.25, 0.3) is 0 Å². The zero-order chi connectivity index (χ0) is 5.70. The maximum atomic E-state index is 10.2. The third-order valence-electron chi connectivity index (χ3n) is 0.682. The molecule has 0 bridgehead atoms. The first-order chi connectivity index (χ1) is 3.31. The average molecular weight is 183 g/mol. The summed E-state index contributed by atoms with van der Waals surface area (Å²) in [5.74, 6) is -0.123. The number of hydrogen-bond donors (Lipinski definition) is 0. The number of halogens is 1. The van der Waals surface area contributed by atoms with Gasteiger partial charge < -0.3 is 4.74 Å². The topological polar surface area (TPSA) is 26.3 Å². The molecule has 0 aliphatic heterocycles. The molecule has 0 rings (SSSR count). The second-order valence-electron chi connectivity index (χ2n) is 1.33. The van der Waals surface area contributed by atoms with Crippen LogP contribution in [0.5, 0.6) is 0 Å². The van der Waals surface area contributed by atoms with Crippen LogP contribution in [0.4, 0.5) is 0 Å². The van der Waals surface area contributed by atoms with E-state index in [2.05, 4.69) is 4.74 Å². The van der Waals surface area contributed by atoms with Gasteiger partial charge in [0.05, 0.1) is 7.11 Å². The van der Waals surface area contributed by atoms with Crippen LogP contribution in [-0.4, -0.2) is 13.1 Å². The van der Waals surface area contributed by atoms with E-state index in [1.807, 2.05) is 6.92 Å². The van der Waals surface area contributed by atoms with E-state index in [1.54, 1.807) is 0 Å². The van der Waals surface area contributed by atoms with Crippen molar-refractivity contribution in [1.82, 2.24) is 0 Å². The third kappa shape index (κ3) is 5.95. The van der Waals surface area contributed by atoms with Crippen molar-refractivity contribution in [2.75, 3.05) is 7.11 Å². The maximum absolute atomic E-state index is 10.2. The van der Waals surface area contributed by atoms with Crippen molar-refractivity contribution in [2.45, 2.75) is 19.8 Å². The maximum Gasteiger partial charge on any atom is 0.305 e. The molecule has 0 heterocycles. The van der Waals surface area contributed by atoms with Gasteiger partial charge in [-0.05, 0) is 6.42 Å². The number of carbonyl (C=O) groups is 1.